The molecule has 0 amide bonds. The van der Waals surface area contributed by atoms with E-state index in [2.05, 4.69) is 0 Å². The van der Waals surface area contributed by atoms with Crippen LogP contribution < -0.4 is 14.4 Å². The summed E-state index contributed by atoms with van der Waals surface area (Å²) in [7, 11) is 5.56. The molecule has 0 saturated carbocycles. The molecule has 5 nitrogen and oxygen atoms in total. The van der Waals surface area contributed by atoms with Crippen LogP contribution in [0.4, 0.5) is 5.69 Å². The smallest absolute Gasteiger partial charge is 0.340 e. The number of carbonyl (C=O) groups is 1. The van der Waals surface area contributed by atoms with Crippen LogP contribution in [-0.2, 0) is 10.3 Å². The Kier molecular flexibility index (Phi) is 3.43. The second-order valence-corrected chi connectivity index (χ2v) is 7.16. The van der Waals surface area contributed by atoms with Crippen LogP contribution in [0.3, 0.4) is 0 Å². The van der Waals surface area contributed by atoms with Gasteiger partial charge in [-0.3, -0.25) is 0 Å². The Morgan fingerprint density at radius 1 is 0.893 bits per heavy atom. The van der Waals surface area contributed by atoms with Gasteiger partial charge in [-0.15, -0.1) is 0 Å². The van der Waals surface area contributed by atoms with Gasteiger partial charge in [0.15, 0.2) is 5.60 Å². The second kappa shape index (κ2) is 5.76. The van der Waals surface area contributed by atoms with Crippen molar-refractivity contribution in [3.63, 3.8) is 0 Å². The Bertz CT molecular complexity index is 1120. The number of carbonyl (C=O) groups excluding carboxylic acids is 1. The number of anilines is 1. The maximum absolute atomic E-state index is 12.8. The summed E-state index contributed by atoms with van der Waals surface area (Å²) in [6.07, 6.45) is 0. The van der Waals surface area contributed by atoms with Gasteiger partial charge < -0.3 is 19.1 Å². The molecule has 0 aromatic heterocycles. The molecule has 3 aromatic rings. The Morgan fingerprint density at radius 3 is 2.36 bits per heavy atom. The number of rotatable bonds is 2. The van der Waals surface area contributed by atoms with E-state index in [0.29, 0.717) is 22.8 Å². The highest BCUT2D eigenvalue weighted by atomic mass is 16.6. The number of hydrogen-bond donors (Lipinski definition) is 0. The van der Waals surface area contributed by atoms with Gasteiger partial charge in [-0.1, -0.05) is 18.2 Å². The number of ether oxygens (including phenoxy) is 3. The zero-order valence-electron chi connectivity index (χ0n) is 15.9. The van der Waals surface area contributed by atoms with E-state index in [4.69, 9.17) is 14.2 Å². The van der Waals surface area contributed by atoms with Crippen LogP contribution in [0, 0.1) is 0 Å². The summed E-state index contributed by atoms with van der Waals surface area (Å²) in [5.41, 5.74) is 2.97. The zero-order chi connectivity index (χ0) is 19.5. The molecule has 2 heterocycles. The molecular formula is C23H19NO4. The average Bonchev–Trinajstić information content (AvgIpc) is 3.01. The molecule has 0 aliphatic carbocycles. The third-order valence-electron chi connectivity index (χ3n) is 5.42. The van der Waals surface area contributed by atoms with Crippen LogP contribution in [0.1, 0.15) is 27.0 Å². The van der Waals surface area contributed by atoms with Crippen molar-refractivity contribution < 1.29 is 19.0 Å². The van der Waals surface area contributed by atoms with E-state index in [-0.39, 0.29) is 5.97 Å². The summed E-state index contributed by atoms with van der Waals surface area (Å²) >= 11 is 0. The van der Waals surface area contributed by atoms with Crippen molar-refractivity contribution >= 4 is 11.7 Å². The molecule has 2 aliphatic heterocycles. The maximum Gasteiger partial charge on any atom is 0.340 e. The minimum atomic E-state index is -1.03. The van der Waals surface area contributed by atoms with Crippen molar-refractivity contribution in [2.75, 3.05) is 26.1 Å². The first-order valence-corrected chi connectivity index (χ1v) is 9.05. The summed E-state index contributed by atoms with van der Waals surface area (Å²) in [5, 5.41) is 0. The van der Waals surface area contributed by atoms with Crippen molar-refractivity contribution in [3.05, 3.63) is 82.9 Å². The summed E-state index contributed by atoms with van der Waals surface area (Å²) in [6.45, 7) is 0. The molecule has 0 N–H and O–H groups in total. The molecule has 1 atom stereocenters. The van der Waals surface area contributed by atoms with Crippen LogP contribution in [0.25, 0.3) is 0 Å². The molecule has 28 heavy (non-hydrogen) atoms. The Morgan fingerprint density at radius 2 is 1.61 bits per heavy atom. The van der Waals surface area contributed by atoms with Crippen molar-refractivity contribution in [2.24, 2.45) is 0 Å². The molecule has 3 aromatic carbocycles. The lowest BCUT2D eigenvalue weighted by atomic mass is 9.77. The topological polar surface area (TPSA) is 48.0 Å². The van der Waals surface area contributed by atoms with Crippen molar-refractivity contribution in [1.82, 2.24) is 0 Å². The standard InChI is InChI=1S/C23H19NO4/c1-24(2)14-8-10-18-20(12-14)27-21-13-15(26-3)9-11-19(21)23(18)17-7-5-4-6-16(17)22(25)28-23/h4-13H,1-3H3. The van der Waals surface area contributed by atoms with Crippen LogP contribution in [0.5, 0.6) is 17.2 Å². The van der Waals surface area contributed by atoms with Crippen molar-refractivity contribution in [2.45, 2.75) is 5.60 Å². The van der Waals surface area contributed by atoms with Crippen LogP contribution in [-0.4, -0.2) is 27.2 Å². The fourth-order valence-electron chi connectivity index (χ4n) is 4.05. The SMILES string of the molecule is COc1ccc2c(c1)Oc1cc(N(C)C)ccc1C21OC(=O)c2ccccc21. The molecule has 5 heteroatoms. The molecule has 0 fully saturated rings. The number of methoxy groups -OCH3 is 1. The molecule has 0 saturated heterocycles. The van der Waals surface area contributed by atoms with Gasteiger partial charge in [0.05, 0.1) is 12.7 Å². The molecular weight excluding hydrogens is 354 g/mol. The second-order valence-electron chi connectivity index (χ2n) is 7.16. The summed E-state index contributed by atoms with van der Waals surface area (Å²) in [5.74, 6) is 1.63. The molecule has 0 radical (unpaired) electrons. The lowest BCUT2D eigenvalue weighted by Crippen LogP contribution is -2.33. The van der Waals surface area contributed by atoms with Crippen molar-refractivity contribution in [3.8, 4) is 17.2 Å². The Labute approximate surface area is 163 Å². The highest BCUT2D eigenvalue weighted by Crippen LogP contribution is 2.56. The highest BCUT2D eigenvalue weighted by Gasteiger charge is 2.53. The number of hydrogen-bond acceptors (Lipinski definition) is 5. The molecule has 1 spiro atoms. The fourth-order valence-corrected chi connectivity index (χ4v) is 4.05. The van der Waals surface area contributed by atoms with E-state index >= 15 is 0 Å². The van der Waals surface area contributed by atoms with Gasteiger partial charge in [-0.25, -0.2) is 4.79 Å². The first-order chi connectivity index (χ1) is 13.5. The number of benzene rings is 3. The molecule has 5 rings (SSSR count). The average molecular weight is 373 g/mol. The van der Waals surface area contributed by atoms with Gasteiger partial charge in [0.25, 0.3) is 0 Å². The summed E-state index contributed by atoms with van der Waals surface area (Å²) in [6, 6.07) is 19.1. The monoisotopic (exact) mass is 373 g/mol. The van der Waals surface area contributed by atoms with Gasteiger partial charge in [0.1, 0.15) is 17.2 Å². The third-order valence-corrected chi connectivity index (χ3v) is 5.42. The minimum absolute atomic E-state index is 0.332. The van der Waals surface area contributed by atoms with Gasteiger partial charge in [0, 0.05) is 48.6 Å². The van der Waals surface area contributed by atoms with Gasteiger partial charge in [-0.2, -0.15) is 0 Å². The normalized spacial score (nSPS) is 18.6. The summed E-state index contributed by atoms with van der Waals surface area (Å²) < 4.78 is 17.7. The lowest BCUT2D eigenvalue weighted by Gasteiger charge is -2.37. The molecule has 0 bridgehead atoms. The first-order valence-electron chi connectivity index (χ1n) is 9.05. The van der Waals surface area contributed by atoms with E-state index in [1.165, 1.54) is 0 Å². The third kappa shape index (κ3) is 2.10. The van der Waals surface area contributed by atoms with E-state index in [1.54, 1.807) is 13.2 Å². The van der Waals surface area contributed by atoms with Gasteiger partial charge in [-0.05, 0) is 30.3 Å². The van der Waals surface area contributed by atoms with Crippen molar-refractivity contribution in [1.29, 1.82) is 0 Å². The summed E-state index contributed by atoms with van der Waals surface area (Å²) in [4.78, 5) is 14.8. The largest absolute Gasteiger partial charge is 0.497 e. The Hall–Kier alpha value is -3.47. The van der Waals surface area contributed by atoms with Gasteiger partial charge in [0.2, 0.25) is 0 Å². The number of nitrogens with zero attached hydrogens (tertiary/aromatic N) is 1. The van der Waals surface area contributed by atoms with Crippen LogP contribution in [0.15, 0.2) is 60.7 Å². The predicted octanol–water partition coefficient (Wildman–Crippen LogP) is 4.33. The molecule has 140 valence electrons. The lowest BCUT2D eigenvalue weighted by molar-refractivity contribution is 0.0224. The zero-order valence-corrected chi connectivity index (χ0v) is 15.9. The maximum atomic E-state index is 12.8. The van der Waals surface area contributed by atoms with E-state index < -0.39 is 5.60 Å². The minimum Gasteiger partial charge on any atom is -0.497 e. The first kappa shape index (κ1) is 16.7. The van der Waals surface area contributed by atoms with Gasteiger partial charge >= 0.3 is 5.97 Å². The number of fused-ring (bicyclic) bond motifs is 6. The highest BCUT2D eigenvalue weighted by molar-refractivity contribution is 5.97. The van der Waals surface area contributed by atoms with E-state index in [1.807, 2.05) is 73.6 Å². The van der Waals surface area contributed by atoms with E-state index in [9.17, 15) is 4.79 Å². The Balaban J connectivity index is 1.84. The fraction of sp³-hybridized carbons (Fsp3) is 0.174. The van der Waals surface area contributed by atoms with Crippen LogP contribution >= 0.6 is 0 Å². The number of esters is 1. The molecule has 1 unspecified atom stereocenters. The van der Waals surface area contributed by atoms with E-state index in [0.717, 1.165) is 22.4 Å². The molecule has 2 aliphatic rings. The predicted molar refractivity (Wildman–Crippen MR) is 106 cm³/mol. The van der Waals surface area contributed by atoms with Crippen LogP contribution in [0.2, 0.25) is 0 Å². The quantitative estimate of drug-likeness (QED) is 0.626.